The molecule has 19 atom stereocenters. The number of aliphatic hydroxyl groups excluding tert-OH is 12. The van der Waals surface area contributed by atoms with Gasteiger partial charge >= 0.3 is 0 Å². The minimum atomic E-state index is -1.97. The molecule has 4 fully saturated rings. The molecule has 12 N–H and O–H groups in total. The van der Waals surface area contributed by atoms with E-state index in [1.54, 1.807) is 6.92 Å². The van der Waals surface area contributed by atoms with Gasteiger partial charge in [-0.1, -0.05) is 0 Å². The predicted octanol–water partition coefficient (Wildman–Crippen LogP) is -7.65. The molecule has 0 aromatic carbocycles. The van der Waals surface area contributed by atoms with Gasteiger partial charge in [0.2, 0.25) is 0 Å². The topological polar surface area (TPSA) is 307 Å². The zero-order chi connectivity index (χ0) is 32.5. The van der Waals surface area contributed by atoms with Crippen molar-refractivity contribution in [1.82, 2.24) is 0 Å². The van der Waals surface area contributed by atoms with Crippen molar-refractivity contribution in [2.75, 3.05) is 26.4 Å². The second kappa shape index (κ2) is 15.4. The highest BCUT2D eigenvalue weighted by Crippen LogP contribution is 2.34. The van der Waals surface area contributed by atoms with Crippen LogP contribution in [0.3, 0.4) is 0 Å². The maximum absolute atomic E-state index is 11.1. The monoisotopic (exact) mass is 648 g/mol. The van der Waals surface area contributed by atoms with Gasteiger partial charge in [-0.25, -0.2) is 0 Å². The highest BCUT2D eigenvalue weighted by Gasteiger charge is 2.54. The Morgan fingerprint density at radius 3 is 1.52 bits per heavy atom. The summed E-state index contributed by atoms with van der Waals surface area (Å²) in [5.74, 6) is 0. The Hall–Kier alpha value is -0.760. The third-order valence-corrected chi connectivity index (χ3v) is 8.38. The Kier molecular flexibility index (Phi) is 12.7. The van der Waals surface area contributed by atoms with Crippen molar-refractivity contribution >= 4 is 0 Å². The van der Waals surface area contributed by atoms with E-state index in [2.05, 4.69) is 0 Å². The standard InChI is InChI=1S/C25H44O19/c1-7-9(2-8(30)10(3-26)38-7)39-25-22(18(35)15(32)12(5-28)42-25)44-24-20(37)21(16(33)13(6-29)41-24)43-23-19(36)17(34)14(31)11(4-27)40-23/h7-37H,2-6H2,1H3. The van der Waals surface area contributed by atoms with Gasteiger partial charge in [-0.2, -0.15) is 0 Å². The molecule has 0 aromatic heterocycles. The molecule has 4 saturated heterocycles. The van der Waals surface area contributed by atoms with Gasteiger partial charge in [0.15, 0.2) is 18.9 Å². The third kappa shape index (κ3) is 7.36. The lowest BCUT2D eigenvalue weighted by Crippen LogP contribution is -2.67. The van der Waals surface area contributed by atoms with Crippen LogP contribution in [0.5, 0.6) is 0 Å². The maximum Gasteiger partial charge on any atom is 0.187 e. The van der Waals surface area contributed by atoms with Crippen LogP contribution in [0.15, 0.2) is 0 Å². The van der Waals surface area contributed by atoms with Gasteiger partial charge in [0.1, 0.15) is 79.4 Å². The molecule has 0 aromatic rings. The summed E-state index contributed by atoms with van der Waals surface area (Å²) in [5.41, 5.74) is 0. The minimum absolute atomic E-state index is 0.0439. The fraction of sp³-hybridized carbons (Fsp3) is 1.00. The zero-order valence-electron chi connectivity index (χ0n) is 23.7. The van der Waals surface area contributed by atoms with E-state index in [1.807, 2.05) is 0 Å². The van der Waals surface area contributed by atoms with Crippen LogP contribution in [0, 0.1) is 0 Å². The van der Waals surface area contributed by atoms with E-state index in [1.165, 1.54) is 0 Å². The Morgan fingerprint density at radius 2 is 0.955 bits per heavy atom. The van der Waals surface area contributed by atoms with E-state index in [9.17, 15) is 61.3 Å². The van der Waals surface area contributed by atoms with Gasteiger partial charge in [0.25, 0.3) is 0 Å². The second-order valence-corrected chi connectivity index (χ2v) is 11.4. The molecule has 4 aliphatic rings. The number of aliphatic hydroxyl groups is 12. The van der Waals surface area contributed by atoms with Crippen LogP contribution in [-0.2, 0) is 33.2 Å². The molecule has 19 heteroatoms. The summed E-state index contributed by atoms with van der Waals surface area (Å²) < 4.78 is 39.3. The molecule has 0 saturated carbocycles. The van der Waals surface area contributed by atoms with Crippen LogP contribution in [0.4, 0.5) is 0 Å². The molecule has 0 radical (unpaired) electrons. The molecule has 0 bridgehead atoms. The van der Waals surface area contributed by atoms with E-state index in [4.69, 9.17) is 33.2 Å². The van der Waals surface area contributed by atoms with Crippen molar-refractivity contribution in [3.63, 3.8) is 0 Å². The van der Waals surface area contributed by atoms with Crippen molar-refractivity contribution in [1.29, 1.82) is 0 Å². The normalized spacial score (nSPS) is 52.2. The molecule has 44 heavy (non-hydrogen) atoms. The van der Waals surface area contributed by atoms with Gasteiger partial charge in [-0.3, -0.25) is 0 Å². The quantitative estimate of drug-likeness (QED) is 0.105. The van der Waals surface area contributed by atoms with Crippen LogP contribution >= 0.6 is 0 Å². The van der Waals surface area contributed by atoms with Crippen molar-refractivity contribution in [3.8, 4) is 0 Å². The van der Waals surface area contributed by atoms with Gasteiger partial charge in [-0.15, -0.1) is 0 Å². The lowest BCUT2D eigenvalue weighted by molar-refractivity contribution is -0.390. The molecule has 0 spiro atoms. The van der Waals surface area contributed by atoms with Gasteiger partial charge in [-0.05, 0) is 6.92 Å². The summed E-state index contributed by atoms with van der Waals surface area (Å²) in [7, 11) is 0. The molecular weight excluding hydrogens is 604 g/mol. The van der Waals surface area contributed by atoms with E-state index in [0.717, 1.165) is 0 Å². The number of hydrogen-bond acceptors (Lipinski definition) is 19. The molecule has 19 unspecified atom stereocenters. The number of rotatable bonds is 10. The van der Waals surface area contributed by atoms with Gasteiger partial charge < -0.3 is 94.4 Å². The highest BCUT2D eigenvalue weighted by atomic mass is 16.8. The fourth-order valence-corrected chi connectivity index (χ4v) is 5.67. The number of ether oxygens (including phenoxy) is 7. The van der Waals surface area contributed by atoms with Crippen molar-refractivity contribution in [2.24, 2.45) is 0 Å². The molecule has 258 valence electrons. The number of hydrogen-bond donors (Lipinski definition) is 12. The smallest absolute Gasteiger partial charge is 0.187 e. The van der Waals surface area contributed by atoms with E-state index in [-0.39, 0.29) is 6.42 Å². The Balaban J connectivity index is 1.54. The van der Waals surface area contributed by atoms with Crippen LogP contribution in [0.25, 0.3) is 0 Å². The zero-order valence-corrected chi connectivity index (χ0v) is 23.7. The molecular formula is C25H44O19. The van der Waals surface area contributed by atoms with Crippen molar-refractivity contribution < 1.29 is 94.4 Å². The summed E-state index contributed by atoms with van der Waals surface area (Å²) in [5, 5.41) is 123. The first kappa shape index (κ1) is 36.1. The first-order valence-corrected chi connectivity index (χ1v) is 14.3. The Morgan fingerprint density at radius 1 is 0.477 bits per heavy atom. The van der Waals surface area contributed by atoms with E-state index in [0.29, 0.717) is 0 Å². The molecule has 0 amide bonds. The summed E-state index contributed by atoms with van der Waals surface area (Å²) >= 11 is 0. The van der Waals surface area contributed by atoms with Crippen LogP contribution < -0.4 is 0 Å². The first-order valence-electron chi connectivity index (χ1n) is 14.3. The maximum atomic E-state index is 11.1. The van der Waals surface area contributed by atoms with E-state index >= 15 is 0 Å². The molecule has 0 aliphatic carbocycles. The summed E-state index contributed by atoms with van der Waals surface area (Å²) in [6.45, 7) is -1.23. The average Bonchev–Trinajstić information content (AvgIpc) is 3.01. The summed E-state index contributed by atoms with van der Waals surface area (Å²) in [6, 6.07) is 0. The van der Waals surface area contributed by atoms with Crippen molar-refractivity contribution in [2.45, 2.75) is 130 Å². The van der Waals surface area contributed by atoms with Gasteiger partial charge in [0.05, 0.1) is 44.7 Å². The summed E-state index contributed by atoms with van der Waals surface area (Å²) in [4.78, 5) is 0. The van der Waals surface area contributed by atoms with Crippen LogP contribution in [0.1, 0.15) is 13.3 Å². The molecule has 4 aliphatic heterocycles. The van der Waals surface area contributed by atoms with E-state index < -0.39 is 143 Å². The van der Waals surface area contributed by atoms with Crippen LogP contribution in [0.2, 0.25) is 0 Å². The lowest BCUT2D eigenvalue weighted by Gasteiger charge is -2.49. The average molecular weight is 649 g/mol. The lowest BCUT2D eigenvalue weighted by atomic mass is 9.96. The van der Waals surface area contributed by atoms with Crippen LogP contribution in [-0.4, -0.2) is 204 Å². The molecule has 4 rings (SSSR count). The fourth-order valence-electron chi connectivity index (χ4n) is 5.67. The molecule has 4 heterocycles. The highest BCUT2D eigenvalue weighted by molar-refractivity contribution is 4.97. The second-order valence-electron chi connectivity index (χ2n) is 11.4. The predicted molar refractivity (Wildman–Crippen MR) is 136 cm³/mol. The minimum Gasteiger partial charge on any atom is -0.394 e. The Labute approximate surface area is 251 Å². The third-order valence-electron chi connectivity index (χ3n) is 8.38. The van der Waals surface area contributed by atoms with Gasteiger partial charge in [0, 0.05) is 6.42 Å². The SMILES string of the molecule is CC1OC(CO)C(O)CC1OC1OC(CO)C(O)C(O)C1OC1OC(CO)C(O)C(OC2OC(CO)C(O)C(O)C2O)C1O. The Bertz CT molecular complexity index is 884. The first-order chi connectivity index (χ1) is 20.9. The van der Waals surface area contributed by atoms with Crippen molar-refractivity contribution in [3.05, 3.63) is 0 Å². The largest absolute Gasteiger partial charge is 0.394 e. The molecule has 19 nitrogen and oxygen atoms in total. The summed E-state index contributed by atoms with van der Waals surface area (Å²) in [6.07, 6.45) is -29.3.